The monoisotopic (exact) mass is 539 g/mol. The highest BCUT2D eigenvalue weighted by molar-refractivity contribution is 5.79. The van der Waals surface area contributed by atoms with Crippen LogP contribution in [0.1, 0.15) is 63.1 Å². The molecule has 0 spiro atoms. The van der Waals surface area contributed by atoms with Gasteiger partial charge in [-0.15, -0.1) is 0 Å². The van der Waals surface area contributed by atoms with Gasteiger partial charge in [-0.05, 0) is 55.5 Å². The molecule has 9 heteroatoms. The molecule has 2 aliphatic heterocycles. The van der Waals surface area contributed by atoms with Crippen molar-refractivity contribution in [3.05, 3.63) is 47.8 Å². The van der Waals surface area contributed by atoms with E-state index in [4.69, 9.17) is 14.2 Å². The number of aliphatic carboxylic acids is 1. The van der Waals surface area contributed by atoms with Gasteiger partial charge in [0, 0.05) is 43.5 Å². The van der Waals surface area contributed by atoms with E-state index in [9.17, 15) is 14.7 Å². The number of hydrogen-bond acceptors (Lipinski definition) is 7. The zero-order chi connectivity index (χ0) is 27.8. The number of hydrogen-bond donors (Lipinski definition) is 1. The molecule has 9 nitrogen and oxygen atoms in total. The highest BCUT2D eigenvalue weighted by atomic mass is 16.7. The van der Waals surface area contributed by atoms with E-state index in [2.05, 4.69) is 23.7 Å². The fraction of sp³-hybridized carbons (Fsp3) is 0.567. The van der Waals surface area contributed by atoms with Gasteiger partial charge in [-0.2, -0.15) is 0 Å². The maximum absolute atomic E-state index is 13.6. The van der Waals surface area contributed by atoms with E-state index in [-0.39, 0.29) is 31.2 Å². The summed E-state index contributed by atoms with van der Waals surface area (Å²) in [7, 11) is 1.56. The number of pyridine rings is 1. The molecule has 2 aromatic rings. The second kappa shape index (κ2) is 13.6. The lowest BCUT2D eigenvalue weighted by molar-refractivity contribution is -0.143. The number of carbonyl (C=O) groups excluding carboxylic acids is 1. The average Bonchev–Trinajstić information content (AvgIpc) is 3.56. The van der Waals surface area contributed by atoms with E-state index in [1.807, 2.05) is 35.2 Å². The maximum Gasteiger partial charge on any atom is 0.308 e. The Balaban J connectivity index is 1.63. The molecular weight excluding hydrogens is 498 g/mol. The minimum Gasteiger partial charge on any atom is -0.493 e. The van der Waals surface area contributed by atoms with Crippen LogP contribution in [0.2, 0.25) is 0 Å². The van der Waals surface area contributed by atoms with Gasteiger partial charge >= 0.3 is 5.97 Å². The number of carboxylic acids is 1. The van der Waals surface area contributed by atoms with Crippen LogP contribution in [0.3, 0.4) is 0 Å². The van der Waals surface area contributed by atoms with Gasteiger partial charge < -0.3 is 24.2 Å². The number of benzene rings is 1. The maximum atomic E-state index is 13.6. The lowest BCUT2D eigenvalue weighted by Crippen LogP contribution is -2.44. The first-order chi connectivity index (χ1) is 19.0. The van der Waals surface area contributed by atoms with E-state index < -0.39 is 11.9 Å². The molecule has 212 valence electrons. The van der Waals surface area contributed by atoms with Gasteiger partial charge in [0.2, 0.25) is 18.4 Å². The van der Waals surface area contributed by atoms with Crippen LogP contribution in [0.5, 0.6) is 17.2 Å². The average molecular weight is 540 g/mol. The molecule has 0 saturated carbocycles. The summed E-state index contributed by atoms with van der Waals surface area (Å²) in [5, 5.41) is 10.5. The van der Waals surface area contributed by atoms with Gasteiger partial charge in [0.05, 0.1) is 19.6 Å². The second-order valence-corrected chi connectivity index (χ2v) is 10.4. The van der Waals surface area contributed by atoms with Crippen LogP contribution in [0, 0.1) is 5.92 Å². The number of carbonyl (C=O) groups is 2. The molecule has 39 heavy (non-hydrogen) atoms. The number of aryl methyl sites for hydroxylation is 1. The zero-order valence-electron chi connectivity index (χ0n) is 23.3. The van der Waals surface area contributed by atoms with Crippen molar-refractivity contribution in [3.8, 4) is 17.2 Å². The number of carboxylic acid groups (broad SMARTS) is 1. The minimum absolute atomic E-state index is 0.0628. The van der Waals surface area contributed by atoms with Crippen molar-refractivity contribution >= 4 is 11.9 Å². The van der Waals surface area contributed by atoms with E-state index in [1.165, 1.54) is 0 Å². The number of rotatable bonds is 14. The number of aromatic nitrogens is 1. The highest BCUT2D eigenvalue weighted by Crippen LogP contribution is 2.47. The molecule has 3 heterocycles. The quantitative estimate of drug-likeness (QED) is 0.378. The number of unbranched alkanes of at least 4 members (excludes halogenated alkanes) is 2. The Morgan fingerprint density at radius 3 is 2.56 bits per heavy atom. The molecule has 0 aliphatic carbocycles. The molecule has 0 radical (unpaired) electrons. The van der Waals surface area contributed by atoms with Crippen molar-refractivity contribution in [3.63, 3.8) is 0 Å². The molecule has 1 saturated heterocycles. The van der Waals surface area contributed by atoms with Gasteiger partial charge in [0.1, 0.15) is 0 Å². The lowest BCUT2D eigenvalue weighted by atomic mass is 9.83. The first-order valence-corrected chi connectivity index (χ1v) is 14.1. The van der Waals surface area contributed by atoms with Gasteiger partial charge in [-0.1, -0.05) is 32.8 Å². The third kappa shape index (κ3) is 6.82. The van der Waals surface area contributed by atoms with Gasteiger partial charge in [0.25, 0.3) is 0 Å². The van der Waals surface area contributed by atoms with Crippen LogP contribution in [0.25, 0.3) is 0 Å². The number of methoxy groups -OCH3 is 1. The topological polar surface area (TPSA) is 101 Å². The van der Waals surface area contributed by atoms with Crippen molar-refractivity contribution in [1.82, 2.24) is 14.8 Å². The van der Waals surface area contributed by atoms with E-state index in [1.54, 1.807) is 13.3 Å². The highest BCUT2D eigenvalue weighted by Gasteiger charge is 2.47. The van der Waals surface area contributed by atoms with Crippen LogP contribution in [0.15, 0.2) is 36.5 Å². The Morgan fingerprint density at radius 2 is 1.92 bits per heavy atom. The van der Waals surface area contributed by atoms with Crippen molar-refractivity contribution in [2.75, 3.05) is 40.1 Å². The number of amides is 1. The molecule has 1 aromatic heterocycles. The van der Waals surface area contributed by atoms with E-state index in [0.29, 0.717) is 36.6 Å². The molecule has 0 bridgehead atoms. The predicted octanol–water partition coefficient (Wildman–Crippen LogP) is 4.35. The van der Waals surface area contributed by atoms with Crippen LogP contribution >= 0.6 is 0 Å². The Kier molecular flexibility index (Phi) is 10.0. The van der Waals surface area contributed by atoms with Crippen molar-refractivity contribution in [2.45, 2.75) is 64.3 Å². The largest absolute Gasteiger partial charge is 0.493 e. The summed E-state index contributed by atoms with van der Waals surface area (Å²) in [4.78, 5) is 34.9. The Bertz CT molecular complexity index is 1100. The third-order valence-corrected chi connectivity index (χ3v) is 7.82. The van der Waals surface area contributed by atoms with Crippen molar-refractivity contribution < 1.29 is 28.9 Å². The first kappa shape index (κ1) is 28.7. The van der Waals surface area contributed by atoms with Crippen LogP contribution in [0.4, 0.5) is 0 Å². The predicted molar refractivity (Wildman–Crippen MR) is 147 cm³/mol. The molecular formula is C30H41N3O6. The molecule has 1 aromatic carbocycles. The Morgan fingerprint density at radius 1 is 1.15 bits per heavy atom. The van der Waals surface area contributed by atoms with Gasteiger partial charge in [0.15, 0.2) is 11.5 Å². The van der Waals surface area contributed by atoms with E-state index >= 15 is 0 Å². The molecule has 2 aliphatic rings. The summed E-state index contributed by atoms with van der Waals surface area (Å²) in [6.07, 6.45) is 6.91. The summed E-state index contributed by atoms with van der Waals surface area (Å²) < 4.78 is 16.7. The van der Waals surface area contributed by atoms with Gasteiger partial charge in [-0.25, -0.2) is 0 Å². The first-order valence-electron chi connectivity index (χ1n) is 14.1. The zero-order valence-corrected chi connectivity index (χ0v) is 23.3. The number of likely N-dealkylation sites (tertiary alicyclic amines) is 1. The lowest BCUT2D eigenvalue weighted by Gasteiger charge is -2.29. The standard InChI is InChI=1S/C30H41N3O6/c1-4-6-14-32(15-7-5-2)27(34)19-33-18-23(21-16-25(37-3)29-26(17-21)38-20-39-29)28(30(35)36)24(33)12-11-22-10-8-9-13-31-22/h8-10,13,16-17,23-24,28H,4-7,11-12,14-15,18-20H2,1-3H3,(H,35,36)/t23-,24+,28?/m1/s1. The number of ether oxygens (including phenoxy) is 3. The van der Waals surface area contributed by atoms with Crippen LogP contribution in [-0.4, -0.2) is 77.9 Å². The van der Waals surface area contributed by atoms with Crippen LogP contribution in [-0.2, 0) is 16.0 Å². The summed E-state index contributed by atoms with van der Waals surface area (Å²) in [6.45, 7) is 6.45. The minimum atomic E-state index is -0.869. The fourth-order valence-corrected chi connectivity index (χ4v) is 5.73. The molecule has 4 rings (SSSR count). The normalized spacial score (nSPS) is 20.2. The molecule has 1 amide bonds. The number of nitrogens with zero attached hydrogens (tertiary/aromatic N) is 3. The van der Waals surface area contributed by atoms with Crippen LogP contribution < -0.4 is 14.2 Å². The summed E-state index contributed by atoms with van der Waals surface area (Å²) >= 11 is 0. The SMILES string of the molecule is CCCCN(CCCC)C(=O)CN1C[C@H](c2cc(OC)c3c(c2)OCO3)C(C(=O)O)[C@@H]1CCc1ccccn1. The fourth-order valence-electron chi connectivity index (χ4n) is 5.73. The van der Waals surface area contributed by atoms with E-state index in [0.717, 1.165) is 50.0 Å². The summed E-state index contributed by atoms with van der Waals surface area (Å²) in [6, 6.07) is 9.15. The number of fused-ring (bicyclic) bond motifs is 1. The Labute approximate surface area is 231 Å². The third-order valence-electron chi connectivity index (χ3n) is 7.82. The van der Waals surface area contributed by atoms with Gasteiger partial charge in [-0.3, -0.25) is 19.5 Å². The van der Waals surface area contributed by atoms with Crippen molar-refractivity contribution in [2.24, 2.45) is 5.92 Å². The molecule has 3 atom stereocenters. The van der Waals surface area contributed by atoms with Crippen molar-refractivity contribution in [1.29, 1.82) is 0 Å². The second-order valence-electron chi connectivity index (χ2n) is 10.4. The summed E-state index contributed by atoms with van der Waals surface area (Å²) in [5.41, 5.74) is 1.73. The smallest absolute Gasteiger partial charge is 0.308 e. The molecule has 1 unspecified atom stereocenters. The molecule has 1 N–H and O–H groups in total. The summed E-state index contributed by atoms with van der Waals surface area (Å²) in [5.74, 6) is -0.239. The Hall–Kier alpha value is -3.33. The molecule has 1 fully saturated rings.